The molecular weight excluding hydrogens is 504 g/mol. The summed E-state index contributed by atoms with van der Waals surface area (Å²) in [6, 6.07) is 20.4. The maximum Gasteiger partial charge on any atom is 0.513 e. The van der Waals surface area contributed by atoms with Crippen LogP contribution in [0.2, 0.25) is 0 Å². The molecule has 0 bridgehead atoms. The molecule has 3 rings (SSSR count). The van der Waals surface area contributed by atoms with Crippen molar-refractivity contribution in [2.24, 2.45) is 10.2 Å². The zero-order chi connectivity index (χ0) is 27.7. The van der Waals surface area contributed by atoms with Gasteiger partial charge in [-0.25, -0.2) is 9.59 Å². The second-order valence-electron chi connectivity index (χ2n) is 7.73. The number of methoxy groups -OCH3 is 1. The van der Waals surface area contributed by atoms with Gasteiger partial charge in [0.1, 0.15) is 23.9 Å². The zero-order valence-electron chi connectivity index (χ0n) is 21.8. The van der Waals surface area contributed by atoms with Crippen LogP contribution in [0.25, 0.3) is 6.08 Å². The molecule has 0 heterocycles. The highest BCUT2D eigenvalue weighted by atomic mass is 16.7. The smallest absolute Gasteiger partial charge is 0.497 e. The van der Waals surface area contributed by atoms with Gasteiger partial charge in [0.15, 0.2) is 0 Å². The summed E-state index contributed by atoms with van der Waals surface area (Å²) in [7, 11) is 1.60. The second kappa shape index (κ2) is 16.3. The highest BCUT2D eigenvalue weighted by molar-refractivity contribution is 5.88. The molecule has 10 nitrogen and oxygen atoms in total. The Balaban J connectivity index is 1.39. The summed E-state index contributed by atoms with van der Waals surface area (Å²) in [5.41, 5.74) is 2.01. The van der Waals surface area contributed by atoms with Crippen molar-refractivity contribution in [3.63, 3.8) is 0 Å². The van der Waals surface area contributed by atoms with E-state index in [0.717, 1.165) is 5.75 Å². The average molecular weight is 535 g/mol. The Morgan fingerprint density at radius 2 is 1.23 bits per heavy atom. The van der Waals surface area contributed by atoms with Gasteiger partial charge < -0.3 is 28.4 Å². The first-order valence-electron chi connectivity index (χ1n) is 12.2. The van der Waals surface area contributed by atoms with E-state index in [-0.39, 0.29) is 13.2 Å². The lowest BCUT2D eigenvalue weighted by Gasteiger charge is -2.07. The van der Waals surface area contributed by atoms with E-state index in [9.17, 15) is 9.59 Å². The molecule has 0 spiro atoms. The maximum atomic E-state index is 12.2. The lowest BCUT2D eigenvalue weighted by atomic mass is 10.2. The van der Waals surface area contributed by atoms with Crippen LogP contribution >= 0.6 is 0 Å². The van der Waals surface area contributed by atoms with Gasteiger partial charge in [0.2, 0.25) is 0 Å². The van der Waals surface area contributed by atoms with E-state index < -0.39 is 12.1 Å². The number of carbonyl (C=O) groups excluding carboxylic acids is 2. The van der Waals surface area contributed by atoms with E-state index >= 15 is 0 Å². The highest BCUT2D eigenvalue weighted by Crippen LogP contribution is 2.23. The van der Waals surface area contributed by atoms with Crippen LogP contribution in [0.4, 0.5) is 16.2 Å². The molecule has 204 valence electrons. The van der Waals surface area contributed by atoms with Crippen LogP contribution in [0.1, 0.15) is 12.5 Å². The quantitative estimate of drug-likeness (QED) is 0.0591. The molecule has 0 aliphatic heterocycles. The number of esters is 1. The molecule has 0 fully saturated rings. The number of azo groups is 1. The number of carbonyl (C=O) groups is 2. The first kappa shape index (κ1) is 29.0. The fourth-order valence-corrected chi connectivity index (χ4v) is 2.98. The summed E-state index contributed by atoms with van der Waals surface area (Å²) in [6.07, 6.45) is 2.05. The van der Waals surface area contributed by atoms with Gasteiger partial charge in [-0.05, 0) is 79.2 Å². The summed E-state index contributed by atoms with van der Waals surface area (Å²) in [5.74, 6) is 0.871. The Morgan fingerprint density at radius 3 is 1.85 bits per heavy atom. The van der Waals surface area contributed by atoms with Crippen molar-refractivity contribution in [3.8, 4) is 17.2 Å². The minimum absolute atomic E-state index is 0.0738. The third kappa shape index (κ3) is 11.2. The van der Waals surface area contributed by atoms with Crippen LogP contribution in [-0.4, -0.2) is 52.3 Å². The number of rotatable bonds is 14. The first-order chi connectivity index (χ1) is 19.1. The minimum Gasteiger partial charge on any atom is -0.497 e. The van der Waals surface area contributed by atoms with Crippen LogP contribution in [0, 0.1) is 0 Å². The van der Waals surface area contributed by atoms with Gasteiger partial charge in [-0.15, -0.1) is 0 Å². The average Bonchev–Trinajstić information content (AvgIpc) is 2.96. The standard InChI is InChI=1S/C29H30N2O8/c1-3-35-18-19-36-20-21-37-29(33)39-27-11-4-22(5-12-27)6-17-28(32)38-26-15-9-24(10-16-26)31-30-23-7-13-25(34-2)14-8-23/h4-17H,3,18-21H2,1-2H3/b17-6+,31-30?. The monoisotopic (exact) mass is 534 g/mol. The Kier molecular flexibility index (Phi) is 12.2. The fraction of sp³-hybridized carbons (Fsp3) is 0.241. The minimum atomic E-state index is -0.830. The summed E-state index contributed by atoms with van der Waals surface area (Å²) < 4.78 is 30.9. The lowest BCUT2D eigenvalue weighted by Crippen LogP contribution is -2.15. The first-order valence-corrected chi connectivity index (χ1v) is 12.2. The molecule has 3 aromatic carbocycles. The van der Waals surface area contributed by atoms with E-state index in [0.29, 0.717) is 48.3 Å². The predicted molar refractivity (Wildman–Crippen MR) is 144 cm³/mol. The van der Waals surface area contributed by atoms with Gasteiger partial charge in [0, 0.05) is 12.7 Å². The predicted octanol–water partition coefficient (Wildman–Crippen LogP) is 6.30. The molecular formula is C29H30N2O8. The van der Waals surface area contributed by atoms with Crippen molar-refractivity contribution in [2.75, 3.05) is 40.1 Å². The molecule has 0 aliphatic carbocycles. The molecule has 0 aromatic heterocycles. The normalized spacial score (nSPS) is 11.0. The summed E-state index contributed by atoms with van der Waals surface area (Å²) in [6.45, 7) is 3.78. The largest absolute Gasteiger partial charge is 0.513 e. The summed E-state index contributed by atoms with van der Waals surface area (Å²) >= 11 is 0. The van der Waals surface area contributed by atoms with E-state index in [1.165, 1.54) is 6.08 Å². The second-order valence-corrected chi connectivity index (χ2v) is 7.73. The Hall–Kier alpha value is -4.54. The van der Waals surface area contributed by atoms with Crippen LogP contribution in [0.3, 0.4) is 0 Å². The number of hydrogen-bond donors (Lipinski definition) is 0. The number of benzene rings is 3. The maximum absolute atomic E-state index is 12.2. The molecule has 39 heavy (non-hydrogen) atoms. The van der Waals surface area contributed by atoms with Crippen LogP contribution < -0.4 is 14.2 Å². The zero-order valence-corrected chi connectivity index (χ0v) is 21.8. The molecule has 0 radical (unpaired) electrons. The molecule has 0 saturated carbocycles. The number of ether oxygens (including phenoxy) is 6. The van der Waals surface area contributed by atoms with Crippen molar-refractivity contribution < 1.29 is 38.0 Å². The summed E-state index contributed by atoms with van der Waals surface area (Å²) in [4.78, 5) is 23.9. The van der Waals surface area contributed by atoms with Gasteiger partial charge in [0.25, 0.3) is 0 Å². The van der Waals surface area contributed by atoms with Crippen molar-refractivity contribution in [3.05, 3.63) is 84.4 Å². The molecule has 0 aliphatic rings. The lowest BCUT2D eigenvalue weighted by molar-refractivity contribution is -0.128. The number of nitrogens with zero attached hydrogens (tertiary/aromatic N) is 2. The Labute approximate surface area is 226 Å². The molecule has 0 N–H and O–H groups in total. The van der Waals surface area contributed by atoms with Gasteiger partial charge >= 0.3 is 12.1 Å². The molecule has 0 unspecified atom stereocenters. The van der Waals surface area contributed by atoms with Gasteiger partial charge in [-0.3, -0.25) is 0 Å². The van der Waals surface area contributed by atoms with Crippen LogP contribution in [0.5, 0.6) is 17.2 Å². The molecule has 10 heteroatoms. The van der Waals surface area contributed by atoms with Crippen molar-refractivity contribution in [2.45, 2.75) is 6.92 Å². The van der Waals surface area contributed by atoms with Crippen molar-refractivity contribution >= 4 is 29.6 Å². The van der Waals surface area contributed by atoms with Crippen molar-refractivity contribution in [1.29, 1.82) is 0 Å². The van der Waals surface area contributed by atoms with Crippen LogP contribution in [0.15, 0.2) is 89.1 Å². The molecule has 0 saturated heterocycles. The highest BCUT2D eigenvalue weighted by Gasteiger charge is 2.06. The molecule has 0 atom stereocenters. The SMILES string of the molecule is CCOCCOCCOC(=O)Oc1ccc(/C=C/C(=O)Oc2ccc(N=Nc3ccc(OC)cc3)cc2)cc1. The Bertz CT molecular complexity index is 1220. The van der Waals surface area contributed by atoms with E-state index in [2.05, 4.69) is 10.2 Å². The third-order valence-electron chi connectivity index (χ3n) is 4.93. The van der Waals surface area contributed by atoms with Gasteiger partial charge in [-0.1, -0.05) is 12.1 Å². The van der Waals surface area contributed by atoms with Gasteiger partial charge in [-0.2, -0.15) is 10.2 Å². The van der Waals surface area contributed by atoms with Crippen molar-refractivity contribution in [1.82, 2.24) is 0 Å². The van der Waals surface area contributed by atoms with E-state index in [1.54, 1.807) is 86.0 Å². The van der Waals surface area contributed by atoms with E-state index in [4.69, 9.17) is 28.4 Å². The van der Waals surface area contributed by atoms with E-state index in [1.807, 2.05) is 6.92 Å². The molecule has 3 aromatic rings. The van der Waals surface area contributed by atoms with Crippen LogP contribution in [-0.2, 0) is 19.0 Å². The topological polar surface area (TPSA) is 114 Å². The summed E-state index contributed by atoms with van der Waals surface area (Å²) in [5, 5.41) is 8.33. The third-order valence-corrected chi connectivity index (χ3v) is 4.93. The molecule has 0 amide bonds. The fourth-order valence-electron chi connectivity index (χ4n) is 2.98. The van der Waals surface area contributed by atoms with Gasteiger partial charge in [0.05, 0.1) is 38.3 Å². The Morgan fingerprint density at radius 1 is 0.692 bits per heavy atom. The number of hydrogen-bond acceptors (Lipinski definition) is 10.